The SMILES string of the molecule is CCNC(=O)[C@@H](Cc1ccccc1)N(Cc1ccccc1F)C(=O)CSCc1ccccc1Cl. The molecule has 0 aliphatic carbocycles. The van der Waals surface area contributed by atoms with Crippen LogP contribution in [0.3, 0.4) is 0 Å². The smallest absolute Gasteiger partial charge is 0.243 e. The van der Waals surface area contributed by atoms with Crippen molar-refractivity contribution in [3.8, 4) is 0 Å². The summed E-state index contributed by atoms with van der Waals surface area (Å²) in [6, 6.07) is 22.6. The summed E-state index contributed by atoms with van der Waals surface area (Å²) in [6.07, 6.45) is 0.335. The molecule has 1 N–H and O–H groups in total. The average molecular weight is 499 g/mol. The highest BCUT2D eigenvalue weighted by Crippen LogP contribution is 2.23. The number of nitrogens with one attached hydrogen (secondary N) is 1. The molecular weight excluding hydrogens is 471 g/mol. The van der Waals surface area contributed by atoms with E-state index < -0.39 is 11.9 Å². The number of hydrogen-bond donors (Lipinski definition) is 1. The lowest BCUT2D eigenvalue weighted by Crippen LogP contribution is -2.51. The Balaban J connectivity index is 1.84. The van der Waals surface area contributed by atoms with Crippen LogP contribution < -0.4 is 5.32 Å². The molecule has 0 heterocycles. The van der Waals surface area contributed by atoms with Gasteiger partial charge in [-0.3, -0.25) is 9.59 Å². The molecule has 0 radical (unpaired) electrons. The Morgan fingerprint density at radius 3 is 2.29 bits per heavy atom. The number of carbonyl (C=O) groups excluding carboxylic acids is 2. The highest BCUT2D eigenvalue weighted by atomic mass is 35.5. The fraction of sp³-hybridized carbons (Fsp3) is 0.259. The van der Waals surface area contributed by atoms with E-state index in [1.807, 2.05) is 61.5 Å². The van der Waals surface area contributed by atoms with Gasteiger partial charge in [0.1, 0.15) is 11.9 Å². The van der Waals surface area contributed by atoms with Crippen molar-refractivity contribution in [3.05, 3.63) is 106 Å². The van der Waals surface area contributed by atoms with Gasteiger partial charge < -0.3 is 10.2 Å². The molecule has 3 aromatic carbocycles. The molecule has 0 aliphatic heterocycles. The minimum atomic E-state index is -0.768. The molecule has 3 rings (SSSR count). The summed E-state index contributed by atoms with van der Waals surface area (Å²) in [7, 11) is 0. The molecule has 0 fully saturated rings. The van der Waals surface area contributed by atoms with Gasteiger partial charge >= 0.3 is 0 Å². The summed E-state index contributed by atoms with van der Waals surface area (Å²) in [4.78, 5) is 28.0. The second-order valence-corrected chi connectivity index (χ2v) is 9.19. The van der Waals surface area contributed by atoms with Gasteiger partial charge in [0.2, 0.25) is 11.8 Å². The minimum absolute atomic E-state index is 0.00674. The van der Waals surface area contributed by atoms with Crippen LogP contribution in [0, 0.1) is 5.82 Å². The Kier molecular flexibility index (Phi) is 9.98. The van der Waals surface area contributed by atoms with E-state index in [1.165, 1.54) is 22.7 Å². The quantitative estimate of drug-likeness (QED) is 0.380. The molecule has 3 aromatic rings. The monoisotopic (exact) mass is 498 g/mol. The Labute approximate surface area is 209 Å². The Bertz CT molecular complexity index is 1100. The average Bonchev–Trinajstić information content (AvgIpc) is 2.84. The second-order valence-electron chi connectivity index (χ2n) is 7.80. The van der Waals surface area contributed by atoms with E-state index in [2.05, 4.69) is 5.32 Å². The van der Waals surface area contributed by atoms with Gasteiger partial charge in [-0.15, -0.1) is 11.8 Å². The zero-order valence-corrected chi connectivity index (χ0v) is 20.6. The van der Waals surface area contributed by atoms with E-state index >= 15 is 0 Å². The lowest BCUT2D eigenvalue weighted by molar-refractivity contribution is -0.139. The van der Waals surface area contributed by atoms with Crippen molar-refractivity contribution >= 4 is 35.2 Å². The number of likely N-dealkylation sites (N-methyl/N-ethyl adjacent to an activating group) is 1. The highest BCUT2D eigenvalue weighted by molar-refractivity contribution is 7.99. The molecular formula is C27H28ClFN2O2S. The van der Waals surface area contributed by atoms with Crippen LogP contribution in [0.2, 0.25) is 5.02 Å². The van der Waals surface area contributed by atoms with E-state index in [-0.39, 0.29) is 24.1 Å². The van der Waals surface area contributed by atoms with Crippen molar-refractivity contribution in [2.45, 2.75) is 31.7 Å². The number of hydrogen-bond acceptors (Lipinski definition) is 3. The van der Waals surface area contributed by atoms with Crippen LogP contribution in [-0.4, -0.2) is 35.1 Å². The van der Waals surface area contributed by atoms with Crippen LogP contribution in [-0.2, 0) is 28.3 Å². The maximum Gasteiger partial charge on any atom is 0.243 e. The molecule has 7 heteroatoms. The van der Waals surface area contributed by atoms with E-state index in [0.29, 0.717) is 29.3 Å². The Morgan fingerprint density at radius 2 is 1.62 bits per heavy atom. The van der Waals surface area contributed by atoms with Gasteiger partial charge in [0, 0.05) is 35.8 Å². The molecule has 0 bridgehead atoms. The van der Waals surface area contributed by atoms with Crippen LogP contribution in [0.25, 0.3) is 0 Å². The standard InChI is InChI=1S/C27H28ClFN2O2S/c1-2-30-27(33)25(16-20-10-4-3-5-11-20)31(17-21-12-7-9-15-24(21)29)26(32)19-34-18-22-13-6-8-14-23(22)28/h3-15,25H,2,16-19H2,1H3,(H,30,33)/t25-/m1/s1. The topological polar surface area (TPSA) is 49.4 Å². The summed E-state index contributed by atoms with van der Waals surface area (Å²) < 4.78 is 14.5. The van der Waals surface area contributed by atoms with Crippen LogP contribution in [0.5, 0.6) is 0 Å². The number of carbonyl (C=O) groups is 2. The summed E-state index contributed by atoms with van der Waals surface area (Å²) in [5.74, 6) is -0.189. The first-order valence-corrected chi connectivity index (χ1v) is 12.7. The molecule has 4 nitrogen and oxygen atoms in total. The number of halogens is 2. The predicted molar refractivity (Wildman–Crippen MR) is 137 cm³/mol. The number of rotatable bonds is 11. The first kappa shape index (κ1) is 25.8. The van der Waals surface area contributed by atoms with Crippen molar-refractivity contribution in [2.75, 3.05) is 12.3 Å². The zero-order chi connectivity index (χ0) is 24.3. The molecule has 0 aromatic heterocycles. The van der Waals surface area contributed by atoms with Gasteiger partial charge in [0.15, 0.2) is 0 Å². The van der Waals surface area contributed by atoms with Gasteiger partial charge in [-0.2, -0.15) is 0 Å². The lowest BCUT2D eigenvalue weighted by Gasteiger charge is -2.31. The lowest BCUT2D eigenvalue weighted by atomic mass is 10.0. The van der Waals surface area contributed by atoms with Gasteiger partial charge in [0.05, 0.1) is 5.75 Å². The molecule has 34 heavy (non-hydrogen) atoms. The Morgan fingerprint density at radius 1 is 0.971 bits per heavy atom. The molecule has 0 saturated heterocycles. The first-order chi connectivity index (χ1) is 16.5. The maximum atomic E-state index is 14.5. The summed E-state index contributed by atoms with van der Waals surface area (Å²) in [5, 5.41) is 3.49. The van der Waals surface area contributed by atoms with Crippen molar-refractivity contribution in [1.29, 1.82) is 0 Å². The number of thioether (sulfide) groups is 1. The van der Waals surface area contributed by atoms with E-state index in [1.54, 1.807) is 18.2 Å². The first-order valence-electron chi connectivity index (χ1n) is 11.1. The third kappa shape index (κ3) is 7.34. The maximum absolute atomic E-state index is 14.5. The van der Waals surface area contributed by atoms with Gasteiger partial charge in [-0.05, 0) is 30.2 Å². The third-order valence-corrected chi connectivity index (χ3v) is 6.70. The van der Waals surface area contributed by atoms with Gasteiger partial charge in [-0.1, -0.05) is 78.3 Å². The summed E-state index contributed by atoms with van der Waals surface area (Å²) in [5.41, 5.74) is 2.23. The fourth-order valence-electron chi connectivity index (χ4n) is 3.60. The number of amides is 2. The van der Waals surface area contributed by atoms with Crippen LogP contribution in [0.4, 0.5) is 4.39 Å². The number of nitrogens with zero attached hydrogens (tertiary/aromatic N) is 1. The zero-order valence-electron chi connectivity index (χ0n) is 19.0. The second kappa shape index (κ2) is 13.2. The van der Waals surface area contributed by atoms with Crippen molar-refractivity contribution < 1.29 is 14.0 Å². The van der Waals surface area contributed by atoms with Gasteiger partial charge in [0.25, 0.3) is 0 Å². The van der Waals surface area contributed by atoms with E-state index in [9.17, 15) is 14.0 Å². The molecule has 0 unspecified atom stereocenters. The van der Waals surface area contributed by atoms with E-state index in [4.69, 9.17) is 11.6 Å². The van der Waals surface area contributed by atoms with Crippen molar-refractivity contribution in [3.63, 3.8) is 0 Å². The molecule has 0 aliphatic rings. The normalized spacial score (nSPS) is 11.6. The van der Waals surface area contributed by atoms with Crippen LogP contribution in [0.1, 0.15) is 23.6 Å². The largest absolute Gasteiger partial charge is 0.355 e. The van der Waals surface area contributed by atoms with Crippen LogP contribution >= 0.6 is 23.4 Å². The third-order valence-electron chi connectivity index (χ3n) is 5.36. The van der Waals surface area contributed by atoms with Crippen molar-refractivity contribution in [1.82, 2.24) is 10.2 Å². The molecule has 0 saturated carbocycles. The molecule has 0 spiro atoms. The van der Waals surface area contributed by atoms with Gasteiger partial charge in [-0.25, -0.2) is 4.39 Å². The predicted octanol–water partition coefficient (Wildman–Crippen LogP) is 5.49. The number of benzene rings is 3. The van der Waals surface area contributed by atoms with Crippen LogP contribution in [0.15, 0.2) is 78.9 Å². The fourth-order valence-corrected chi connectivity index (χ4v) is 4.80. The van der Waals surface area contributed by atoms with Crippen molar-refractivity contribution in [2.24, 2.45) is 0 Å². The Hall–Kier alpha value is -2.83. The highest BCUT2D eigenvalue weighted by Gasteiger charge is 2.30. The molecule has 2 amide bonds. The minimum Gasteiger partial charge on any atom is -0.355 e. The summed E-state index contributed by atoms with van der Waals surface area (Å²) in [6.45, 7) is 2.28. The summed E-state index contributed by atoms with van der Waals surface area (Å²) >= 11 is 7.66. The van der Waals surface area contributed by atoms with E-state index in [0.717, 1.165) is 11.1 Å². The molecule has 1 atom stereocenters. The molecule has 178 valence electrons.